The molecule has 0 aliphatic rings. The summed E-state index contributed by atoms with van der Waals surface area (Å²) in [6.07, 6.45) is 1.32. The molecule has 2 atom stereocenters. The second kappa shape index (κ2) is 9.78. The highest BCUT2D eigenvalue weighted by molar-refractivity contribution is 5.85. The van der Waals surface area contributed by atoms with E-state index in [-0.39, 0.29) is 29.8 Å². The maximum absolute atomic E-state index is 12.3. The summed E-state index contributed by atoms with van der Waals surface area (Å²) in [7, 11) is 1.65. The highest BCUT2D eigenvalue weighted by Crippen LogP contribution is 2.24. The van der Waals surface area contributed by atoms with Gasteiger partial charge in [0.25, 0.3) is 0 Å². The van der Waals surface area contributed by atoms with Crippen molar-refractivity contribution >= 4 is 18.3 Å². The number of methoxy groups -OCH3 is 1. The van der Waals surface area contributed by atoms with E-state index in [9.17, 15) is 4.79 Å². The van der Waals surface area contributed by atoms with Crippen molar-refractivity contribution in [1.29, 1.82) is 0 Å². The molecule has 1 amide bonds. The fraction of sp³-hybridized carbons (Fsp3) is 0.611. The summed E-state index contributed by atoms with van der Waals surface area (Å²) in [4.78, 5) is 12.3. The highest BCUT2D eigenvalue weighted by atomic mass is 35.5. The number of carbonyl (C=O) groups is 1. The molecule has 3 N–H and O–H groups in total. The van der Waals surface area contributed by atoms with Gasteiger partial charge in [-0.3, -0.25) is 4.79 Å². The fourth-order valence-corrected chi connectivity index (χ4v) is 2.82. The number of halogens is 1. The average Bonchev–Trinajstić information content (AvgIpc) is 2.46. The zero-order valence-electron chi connectivity index (χ0n) is 14.9. The Morgan fingerprint density at radius 1 is 1.35 bits per heavy atom. The van der Waals surface area contributed by atoms with Crippen LogP contribution < -0.4 is 15.8 Å². The van der Waals surface area contributed by atoms with E-state index >= 15 is 0 Å². The van der Waals surface area contributed by atoms with Crippen LogP contribution in [0.1, 0.15) is 52.0 Å². The molecule has 0 aliphatic heterocycles. The minimum absolute atomic E-state index is 0. The second-order valence-corrected chi connectivity index (χ2v) is 6.79. The van der Waals surface area contributed by atoms with Gasteiger partial charge in [0.2, 0.25) is 5.91 Å². The van der Waals surface area contributed by atoms with E-state index < -0.39 is 0 Å². The zero-order chi connectivity index (χ0) is 16.8. The maximum Gasteiger partial charge on any atom is 0.221 e. The Hall–Kier alpha value is -1.26. The van der Waals surface area contributed by atoms with Gasteiger partial charge in [-0.25, -0.2) is 0 Å². The van der Waals surface area contributed by atoms with E-state index in [2.05, 4.69) is 26.1 Å². The van der Waals surface area contributed by atoms with E-state index in [1.54, 1.807) is 7.11 Å². The molecule has 2 unspecified atom stereocenters. The molecule has 0 bridgehead atoms. The molecule has 0 radical (unpaired) electrons. The third kappa shape index (κ3) is 7.23. The monoisotopic (exact) mass is 342 g/mol. The van der Waals surface area contributed by atoms with Crippen molar-refractivity contribution in [2.24, 2.45) is 11.7 Å². The minimum Gasteiger partial charge on any atom is -0.497 e. The summed E-state index contributed by atoms with van der Waals surface area (Å²) >= 11 is 0. The van der Waals surface area contributed by atoms with Crippen LogP contribution in [0.2, 0.25) is 0 Å². The smallest absolute Gasteiger partial charge is 0.221 e. The highest BCUT2D eigenvalue weighted by Gasteiger charge is 2.26. The van der Waals surface area contributed by atoms with E-state index in [0.717, 1.165) is 17.7 Å². The van der Waals surface area contributed by atoms with Crippen molar-refractivity contribution in [3.8, 4) is 5.75 Å². The van der Waals surface area contributed by atoms with Crippen molar-refractivity contribution in [3.05, 3.63) is 29.8 Å². The molecule has 0 aliphatic carbocycles. The van der Waals surface area contributed by atoms with Gasteiger partial charge in [-0.1, -0.05) is 32.9 Å². The molecule has 1 rings (SSSR count). The van der Waals surface area contributed by atoms with Crippen LogP contribution in [0.15, 0.2) is 24.3 Å². The molecule has 0 heterocycles. The summed E-state index contributed by atoms with van der Waals surface area (Å²) < 4.78 is 5.23. The molecule has 4 nitrogen and oxygen atoms in total. The number of amides is 1. The van der Waals surface area contributed by atoms with Crippen molar-refractivity contribution in [2.75, 3.05) is 13.7 Å². The predicted octanol–water partition coefficient (Wildman–Crippen LogP) is 3.49. The number of rotatable bonds is 8. The molecular weight excluding hydrogens is 312 g/mol. The van der Waals surface area contributed by atoms with E-state index in [0.29, 0.717) is 18.9 Å². The van der Waals surface area contributed by atoms with Crippen LogP contribution in [0.5, 0.6) is 5.75 Å². The molecule has 0 saturated carbocycles. The lowest BCUT2D eigenvalue weighted by Gasteiger charge is -2.31. The Bertz CT molecular complexity index is 494. The molecule has 1 aromatic rings. The van der Waals surface area contributed by atoms with E-state index in [4.69, 9.17) is 10.5 Å². The van der Waals surface area contributed by atoms with Crippen molar-refractivity contribution < 1.29 is 9.53 Å². The summed E-state index contributed by atoms with van der Waals surface area (Å²) in [5.74, 6) is 1.49. The number of nitrogens with one attached hydrogen (secondary N) is 1. The lowest BCUT2D eigenvalue weighted by Crippen LogP contribution is -2.52. The zero-order valence-corrected chi connectivity index (χ0v) is 15.7. The van der Waals surface area contributed by atoms with E-state index in [1.807, 2.05) is 31.2 Å². The molecule has 5 heteroatoms. The number of hydrogen-bond donors (Lipinski definition) is 2. The molecule has 0 spiro atoms. The largest absolute Gasteiger partial charge is 0.497 e. The maximum atomic E-state index is 12.3. The lowest BCUT2D eigenvalue weighted by molar-refractivity contribution is -0.123. The van der Waals surface area contributed by atoms with Gasteiger partial charge in [0.15, 0.2) is 0 Å². The number of benzene rings is 1. The Kier molecular flexibility index (Phi) is 9.25. The number of nitrogens with two attached hydrogens (primary N) is 1. The normalized spacial score (nSPS) is 14.6. The van der Waals surface area contributed by atoms with Crippen LogP contribution in [0, 0.1) is 5.92 Å². The fourth-order valence-electron chi connectivity index (χ4n) is 2.82. The van der Waals surface area contributed by atoms with Gasteiger partial charge >= 0.3 is 0 Å². The Labute approximate surface area is 146 Å². The first-order valence-electron chi connectivity index (χ1n) is 7.94. The second-order valence-electron chi connectivity index (χ2n) is 6.79. The first-order chi connectivity index (χ1) is 10.3. The summed E-state index contributed by atoms with van der Waals surface area (Å²) in [5.41, 5.74) is 6.62. The van der Waals surface area contributed by atoms with Crippen LogP contribution >= 0.6 is 12.4 Å². The number of ether oxygens (including phenoxy) is 1. The molecule has 132 valence electrons. The van der Waals surface area contributed by atoms with Crippen molar-refractivity contribution in [3.63, 3.8) is 0 Å². The third-order valence-electron chi connectivity index (χ3n) is 3.90. The molecule has 0 fully saturated rings. The van der Waals surface area contributed by atoms with Gasteiger partial charge in [0, 0.05) is 18.5 Å². The first kappa shape index (κ1) is 21.7. The van der Waals surface area contributed by atoms with Gasteiger partial charge in [0.1, 0.15) is 5.75 Å². The Morgan fingerprint density at radius 3 is 2.52 bits per heavy atom. The molecule has 1 aromatic carbocycles. The molecule has 0 aromatic heterocycles. The summed E-state index contributed by atoms with van der Waals surface area (Å²) in [6, 6.07) is 7.86. The quantitative estimate of drug-likeness (QED) is 0.760. The van der Waals surface area contributed by atoms with Gasteiger partial charge in [-0.15, -0.1) is 12.4 Å². The topological polar surface area (TPSA) is 64.3 Å². The standard InChI is InChI=1S/C18H30N2O2.ClH/c1-13(2)11-18(4,12-19)20-17(21)9-14(3)15-7-6-8-16(10-15)22-5;/h6-8,10,13-14H,9,11-12,19H2,1-5H3,(H,20,21);1H. The SMILES string of the molecule is COc1cccc(C(C)CC(=O)NC(C)(CN)CC(C)C)c1.Cl. The Balaban J connectivity index is 0.00000484. The predicted molar refractivity (Wildman–Crippen MR) is 98.3 cm³/mol. The van der Waals surface area contributed by atoms with Crippen LogP contribution in [-0.4, -0.2) is 25.1 Å². The van der Waals surface area contributed by atoms with Crippen LogP contribution in [0.4, 0.5) is 0 Å². The lowest BCUT2D eigenvalue weighted by atomic mass is 9.90. The molecular formula is C18H31ClN2O2. The third-order valence-corrected chi connectivity index (χ3v) is 3.90. The van der Waals surface area contributed by atoms with Crippen molar-refractivity contribution in [2.45, 2.75) is 52.0 Å². The Morgan fingerprint density at radius 2 is 2.00 bits per heavy atom. The van der Waals surface area contributed by atoms with Crippen LogP contribution in [0.25, 0.3) is 0 Å². The number of hydrogen-bond acceptors (Lipinski definition) is 3. The van der Waals surface area contributed by atoms with Crippen molar-refractivity contribution in [1.82, 2.24) is 5.32 Å². The van der Waals surface area contributed by atoms with E-state index in [1.165, 1.54) is 0 Å². The summed E-state index contributed by atoms with van der Waals surface area (Å²) in [5, 5.41) is 3.11. The van der Waals surface area contributed by atoms with Crippen LogP contribution in [-0.2, 0) is 4.79 Å². The van der Waals surface area contributed by atoms with Gasteiger partial charge in [-0.05, 0) is 42.9 Å². The van der Waals surface area contributed by atoms with Crippen LogP contribution in [0.3, 0.4) is 0 Å². The molecule has 0 saturated heterocycles. The van der Waals surface area contributed by atoms with Gasteiger partial charge in [-0.2, -0.15) is 0 Å². The molecule has 23 heavy (non-hydrogen) atoms. The minimum atomic E-state index is -0.334. The summed E-state index contributed by atoms with van der Waals surface area (Å²) in [6.45, 7) is 8.79. The first-order valence-corrected chi connectivity index (χ1v) is 7.94. The van der Waals surface area contributed by atoms with Gasteiger partial charge < -0.3 is 15.8 Å². The number of carbonyl (C=O) groups excluding carboxylic acids is 1. The average molecular weight is 343 g/mol. The van der Waals surface area contributed by atoms with Gasteiger partial charge in [0.05, 0.1) is 7.11 Å².